The normalized spacial score (nSPS) is 11.6. The van der Waals surface area contributed by atoms with Crippen LogP contribution in [0.25, 0.3) is 10.2 Å². The molecule has 0 atom stereocenters. The molecule has 2 aromatic carbocycles. The lowest BCUT2D eigenvalue weighted by molar-refractivity contribution is 0.0983. The van der Waals surface area contributed by atoms with Crippen molar-refractivity contribution in [2.45, 2.75) is 11.4 Å². The number of halogens is 1. The highest BCUT2D eigenvalue weighted by atomic mass is 32.2. The number of sulfonamides is 1. The van der Waals surface area contributed by atoms with Gasteiger partial charge in [-0.1, -0.05) is 23.5 Å². The molecule has 0 saturated heterocycles. The van der Waals surface area contributed by atoms with E-state index in [2.05, 4.69) is 18.1 Å². The fourth-order valence-corrected chi connectivity index (χ4v) is 5.79. The molecule has 35 heavy (non-hydrogen) atoms. The van der Waals surface area contributed by atoms with Crippen molar-refractivity contribution in [2.75, 3.05) is 18.0 Å². The summed E-state index contributed by atoms with van der Waals surface area (Å²) < 4.78 is 46.9. The molecule has 0 saturated carbocycles. The molecule has 0 radical (unpaired) electrons. The number of hydrogen-bond donors (Lipinski definition) is 0. The number of anilines is 1. The summed E-state index contributed by atoms with van der Waals surface area (Å²) in [6, 6.07) is 13.4. The second kappa shape index (κ2) is 10.3. The van der Waals surface area contributed by atoms with Crippen molar-refractivity contribution < 1.29 is 22.0 Å². The molecule has 1 amide bonds. The van der Waals surface area contributed by atoms with Gasteiger partial charge in [0.25, 0.3) is 5.91 Å². The Labute approximate surface area is 206 Å². The van der Waals surface area contributed by atoms with E-state index >= 15 is 0 Å². The Kier molecular flexibility index (Phi) is 7.25. The Bertz CT molecular complexity index is 1450. The lowest BCUT2D eigenvalue weighted by Gasteiger charge is -2.20. The number of nitrogens with zero attached hydrogens (tertiary/aromatic N) is 3. The van der Waals surface area contributed by atoms with Crippen LogP contribution in [0, 0.1) is 5.82 Å². The van der Waals surface area contributed by atoms with Crippen LogP contribution < -0.4 is 4.90 Å². The monoisotopic (exact) mass is 511 g/mol. The first-order valence-electron chi connectivity index (χ1n) is 10.6. The SMILES string of the molecule is C=CCN(CC=C)S(=O)(=O)c1ccc(C(=O)N(Cc2ccco2)c2nc3ccc(F)cc3s2)cc1. The fourth-order valence-electron chi connectivity index (χ4n) is 3.42. The first-order valence-corrected chi connectivity index (χ1v) is 12.8. The van der Waals surface area contributed by atoms with Gasteiger partial charge in [0.1, 0.15) is 11.6 Å². The van der Waals surface area contributed by atoms with Crippen molar-refractivity contribution in [2.24, 2.45) is 0 Å². The summed E-state index contributed by atoms with van der Waals surface area (Å²) in [7, 11) is -3.80. The van der Waals surface area contributed by atoms with Gasteiger partial charge in [0, 0.05) is 18.7 Å². The van der Waals surface area contributed by atoms with E-state index in [0.717, 1.165) is 0 Å². The summed E-state index contributed by atoms with van der Waals surface area (Å²) in [5.41, 5.74) is 0.828. The maximum Gasteiger partial charge on any atom is 0.260 e. The number of amides is 1. The summed E-state index contributed by atoms with van der Waals surface area (Å²) in [6.45, 7) is 7.56. The molecule has 0 fully saturated rings. The fraction of sp³-hybridized carbons (Fsp3) is 0.120. The summed E-state index contributed by atoms with van der Waals surface area (Å²) in [6.07, 6.45) is 4.49. The Morgan fingerprint density at radius 2 is 1.80 bits per heavy atom. The smallest absolute Gasteiger partial charge is 0.260 e. The second-order valence-electron chi connectivity index (χ2n) is 7.50. The topological polar surface area (TPSA) is 83.7 Å². The summed E-state index contributed by atoms with van der Waals surface area (Å²) >= 11 is 1.18. The van der Waals surface area contributed by atoms with Gasteiger partial charge < -0.3 is 4.42 Å². The molecular weight excluding hydrogens is 489 g/mol. The number of fused-ring (bicyclic) bond motifs is 1. The predicted octanol–water partition coefficient (Wildman–Crippen LogP) is 5.24. The zero-order chi connectivity index (χ0) is 25.0. The molecule has 0 aliphatic carbocycles. The third kappa shape index (κ3) is 5.24. The third-order valence-corrected chi connectivity index (χ3v) is 8.00. The molecule has 4 aromatic rings. The van der Waals surface area contributed by atoms with Crippen LogP contribution in [0.3, 0.4) is 0 Å². The van der Waals surface area contributed by atoms with Crippen LogP contribution in [0.2, 0.25) is 0 Å². The van der Waals surface area contributed by atoms with Gasteiger partial charge in [-0.15, -0.1) is 13.2 Å². The Morgan fingerprint density at radius 3 is 2.43 bits per heavy atom. The van der Waals surface area contributed by atoms with Crippen LogP contribution in [-0.2, 0) is 16.6 Å². The van der Waals surface area contributed by atoms with Gasteiger partial charge in [-0.3, -0.25) is 9.69 Å². The number of rotatable bonds is 10. The Morgan fingerprint density at radius 1 is 1.09 bits per heavy atom. The van der Waals surface area contributed by atoms with Crippen molar-refractivity contribution in [3.8, 4) is 0 Å². The van der Waals surface area contributed by atoms with E-state index in [-0.39, 0.29) is 30.1 Å². The zero-order valence-electron chi connectivity index (χ0n) is 18.6. The standard InChI is InChI=1S/C25H22FN3O4S2/c1-3-13-28(14-4-2)35(31,32)21-10-7-18(8-11-21)24(30)29(17-20-6-5-15-33-20)25-27-22-12-9-19(26)16-23(22)34-25/h3-12,15-16H,1-2,13-14,17H2. The average Bonchev–Trinajstić information content (AvgIpc) is 3.51. The molecule has 10 heteroatoms. The van der Waals surface area contributed by atoms with E-state index in [1.165, 1.54) is 75.4 Å². The van der Waals surface area contributed by atoms with Crippen LogP contribution >= 0.6 is 11.3 Å². The van der Waals surface area contributed by atoms with Gasteiger partial charge in [-0.05, 0) is 54.6 Å². The third-order valence-electron chi connectivity index (χ3n) is 5.11. The molecule has 180 valence electrons. The van der Waals surface area contributed by atoms with E-state index in [9.17, 15) is 17.6 Å². The molecule has 0 unspecified atom stereocenters. The predicted molar refractivity (Wildman–Crippen MR) is 134 cm³/mol. The van der Waals surface area contributed by atoms with Crippen LogP contribution in [0.15, 0.2) is 95.5 Å². The highest BCUT2D eigenvalue weighted by molar-refractivity contribution is 7.89. The minimum atomic E-state index is -3.80. The first kappa shape index (κ1) is 24.5. The lowest BCUT2D eigenvalue weighted by atomic mass is 10.2. The minimum absolute atomic E-state index is 0.0470. The van der Waals surface area contributed by atoms with E-state index < -0.39 is 21.7 Å². The maximum absolute atomic E-state index is 13.7. The maximum atomic E-state index is 13.7. The molecule has 4 rings (SSSR count). The van der Waals surface area contributed by atoms with Crippen molar-refractivity contribution >= 4 is 42.6 Å². The van der Waals surface area contributed by atoms with Crippen molar-refractivity contribution in [3.63, 3.8) is 0 Å². The first-order chi connectivity index (χ1) is 16.8. The molecule has 2 heterocycles. The van der Waals surface area contributed by atoms with Gasteiger partial charge in [0.05, 0.1) is 27.9 Å². The highest BCUT2D eigenvalue weighted by Gasteiger charge is 2.25. The molecule has 0 aliphatic rings. The molecule has 0 spiro atoms. The van der Waals surface area contributed by atoms with Gasteiger partial charge in [0.15, 0.2) is 5.13 Å². The van der Waals surface area contributed by atoms with E-state index in [1.54, 1.807) is 18.2 Å². The average molecular weight is 512 g/mol. The zero-order valence-corrected chi connectivity index (χ0v) is 20.3. The molecule has 0 bridgehead atoms. The Balaban J connectivity index is 1.67. The number of carbonyl (C=O) groups excluding carboxylic acids is 1. The van der Waals surface area contributed by atoms with E-state index in [0.29, 0.717) is 21.1 Å². The summed E-state index contributed by atoms with van der Waals surface area (Å²) in [5, 5.41) is 0.367. The molecular formula is C25H22FN3O4S2. The lowest BCUT2D eigenvalue weighted by Crippen LogP contribution is -2.32. The molecule has 0 N–H and O–H groups in total. The number of benzene rings is 2. The quantitative estimate of drug-likeness (QED) is 0.272. The molecule has 2 aromatic heterocycles. The van der Waals surface area contributed by atoms with Crippen molar-refractivity contribution in [3.05, 3.63) is 103 Å². The number of thiazole rings is 1. The second-order valence-corrected chi connectivity index (χ2v) is 10.4. The highest BCUT2D eigenvalue weighted by Crippen LogP contribution is 2.31. The van der Waals surface area contributed by atoms with E-state index in [1.807, 2.05) is 0 Å². The molecule has 7 nitrogen and oxygen atoms in total. The summed E-state index contributed by atoms with van der Waals surface area (Å²) in [5.74, 6) is -0.262. The van der Waals surface area contributed by atoms with Crippen LogP contribution in [-0.4, -0.2) is 36.7 Å². The summed E-state index contributed by atoms with van der Waals surface area (Å²) in [4.78, 5) is 19.5. The minimum Gasteiger partial charge on any atom is -0.467 e. The van der Waals surface area contributed by atoms with Crippen LogP contribution in [0.4, 0.5) is 9.52 Å². The number of aromatic nitrogens is 1. The van der Waals surface area contributed by atoms with Gasteiger partial charge in [-0.25, -0.2) is 17.8 Å². The van der Waals surface area contributed by atoms with Crippen LogP contribution in [0.1, 0.15) is 16.1 Å². The van der Waals surface area contributed by atoms with Crippen LogP contribution in [0.5, 0.6) is 0 Å². The molecule has 0 aliphatic heterocycles. The largest absolute Gasteiger partial charge is 0.467 e. The van der Waals surface area contributed by atoms with Gasteiger partial charge in [0.2, 0.25) is 10.0 Å². The van der Waals surface area contributed by atoms with Gasteiger partial charge >= 0.3 is 0 Å². The number of carbonyl (C=O) groups is 1. The van der Waals surface area contributed by atoms with Crippen molar-refractivity contribution in [1.82, 2.24) is 9.29 Å². The Hall–Kier alpha value is -3.60. The van der Waals surface area contributed by atoms with E-state index in [4.69, 9.17) is 4.42 Å². The van der Waals surface area contributed by atoms with Gasteiger partial charge in [-0.2, -0.15) is 4.31 Å². The number of furan rings is 1. The number of hydrogen-bond acceptors (Lipinski definition) is 6. The van der Waals surface area contributed by atoms with Crippen molar-refractivity contribution in [1.29, 1.82) is 0 Å².